The summed E-state index contributed by atoms with van der Waals surface area (Å²) in [5.74, 6) is 0.242. The summed E-state index contributed by atoms with van der Waals surface area (Å²) in [6.07, 6.45) is 4.03. The highest BCUT2D eigenvalue weighted by Crippen LogP contribution is 2.26. The Kier molecular flexibility index (Phi) is 2.94. The molecular formula is C16H20N2O. The van der Waals surface area contributed by atoms with Gasteiger partial charge < -0.3 is 9.88 Å². The van der Waals surface area contributed by atoms with E-state index in [0.717, 1.165) is 35.9 Å². The molecule has 0 bridgehead atoms. The van der Waals surface area contributed by atoms with Gasteiger partial charge in [-0.05, 0) is 56.5 Å². The third-order valence-corrected chi connectivity index (χ3v) is 4.25. The number of ketones is 1. The van der Waals surface area contributed by atoms with Gasteiger partial charge >= 0.3 is 0 Å². The third kappa shape index (κ3) is 1.98. The van der Waals surface area contributed by atoms with Crippen LogP contribution in [0.25, 0.3) is 10.9 Å². The number of carbonyl (C=O) groups excluding carboxylic acids is 1. The number of hydrogen-bond acceptors (Lipinski definition) is 2. The molecule has 1 N–H and O–H groups in total. The minimum atomic E-state index is 0.00668. The summed E-state index contributed by atoms with van der Waals surface area (Å²) in [7, 11) is 2.01. The van der Waals surface area contributed by atoms with Crippen LogP contribution in [0.1, 0.15) is 34.3 Å². The van der Waals surface area contributed by atoms with Crippen molar-refractivity contribution in [3.05, 3.63) is 35.0 Å². The smallest absolute Gasteiger partial charge is 0.181 e. The Morgan fingerprint density at radius 3 is 2.74 bits per heavy atom. The first-order valence-corrected chi connectivity index (χ1v) is 6.92. The van der Waals surface area contributed by atoms with Crippen molar-refractivity contribution >= 4 is 16.7 Å². The van der Waals surface area contributed by atoms with Crippen molar-refractivity contribution in [3.63, 3.8) is 0 Å². The van der Waals surface area contributed by atoms with Crippen LogP contribution in [0.15, 0.2) is 18.3 Å². The van der Waals surface area contributed by atoms with E-state index in [2.05, 4.69) is 35.9 Å². The van der Waals surface area contributed by atoms with Gasteiger partial charge in [0.2, 0.25) is 0 Å². The first-order chi connectivity index (χ1) is 9.08. The molecular weight excluding hydrogens is 236 g/mol. The second kappa shape index (κ2) is 4.49. The van der Waals surface area contributed by atoms with E-state index in [9.17, 15) is 4.79 Å². The fourth-order valence-electron chi connectivity index (χ4n) is 2.93. The molecule has 0 aliphatic carbocycles. The number of fused-ring (bicyclic) bond motifs is 1. The quantitative estimate of drug-likeness (QED) is 0.838. The van der Waals surface area contributed by atoms with Crippen LogP contribution < -0.4 is 5.32 Å². The number of benzene rings is 1. The highest BCUT2D eigenvalue weighted by atomic mass is 16.1. The van der Waals surface area contributed by atoms with E-state index in [4.69, 9.17) is 0 Å². The topological polar surface area (TPSA) is 34.0 Å². The van der Waals surface area contributed by atoms with Crippen LogP contribution in [-0.2, 0) is 7.05 Å². The monoisotopic (exact) mass is 256 g/mol. The molecule has 1 saturated heterocycles. The number of aromatic nitrogens is 1. The normalized spacial score (nSPS) is 19.2. The molecule has 3 heteroatoms. The van der Waals surface area contributed by atoms with Crippen molar-refractivity contribution < 1.29 is 4.79 Å². The van der Waals surface area contributed by atoms with Gasteiger partial charge in [0.15, 0.2) is 5.78 Å². The van der Waals surface area contributed by atoms with Crippen LogP contribution in [0.2, 0.25) is 0 Å². The highest BCUT2D eigenvalue weighted by Gasteiger charge is 2.25. The molecule has 19 heavy (non-hydrogen) atoms. The van der Waals surface area contributed by atoms with Crippen LogP contribution in [0, 0.1) is 13.8 Å². The van der Waals surface area contributed by atoms with Crippen LogP contribution in [0.3, 0.4) is 0 Å². The molecule has 1 aliphatic heterocycles. The summed E-state index contributed by atoms with van der Waals surface area (Å²) in [6.45, 7) is 5.17. The summed E-state index contributed by atoms with van der Waals surface area (Å²) in [5.41, 5.74) is 4.52. The molecule has 0 spiro atoms. The molecule has 2 heterocycles. The minimum absolute atomic E-state index is 0.00668. The van der Waals surface area contributed by atoms with E-state index in [1.54, 1.807) is 0 Å². The second-order valence-electron chi connectivity index (χ2n) is 5.62. The van der Waals surface area contributed by atoms with E-state index in [-0.39, 0.29) is 11.8 Å². The molecule has 1 aliphatic rings. The first kappa shape index (κ1) is 12.4. The predicted molar refractivity (Wildman–Crippen MR) is 77.7 cm³/mol. The lowest BCUT2D eigenvalue weighted by atomic mass is 9.99. The molecule has 1 unspecified atom stereocenters. The lowest BCUT2D eigenvalue weighted by Gasteiger charge is -2.08. The maximum absolute atomic E-state index is 12.6. The van der Waals surface area contributed by atoms with Crippen molar-refractivity contribution in [2.75, 3.05) is 6.54 Å². The Morgan fingerprint density at radius 2 is 2.05 bits per heavy atom. The van der Waals surface area contributed by atoms with Crippen LogP contribution in [0.4, 0.5) is 0 Å². The molecule has 1 aromatic heterocycles. The van der Waals surface area contributed by atoms with Gasteiger partial charge in [-0.15, -0.1) is 0 Å². The summed E-state index contributed by atoms with van der Waals surface area (Å²) in [5, 5.41) is 4.38. The lowest BCUT2D eigenvalue weighted by molar-refractivity contribution is 0.0954. The lowest BCUT2D eigenvalue weighted by Crippen LogP contribution is -2.30. The Labute approximate surface area is 113 Å². The highest BCUT2D eigenvalue weighted by molar-refractivity contribution is 6.10. The predicted octanol–water partition coefficient (Wildman–Crippen LogP) is 2.73. The Balaban J connectivity index is 2.13. The zero-order valence-corrected chi connectivity index (χ0v) is 11.8. The van der Waals surface area contributed by atoms with E-state index in [1.165, 1.54) is 11.1 Å². The molecule has 2 aromatic rings. The van der Waals surface area contributed by atoms with E-state index >= 15 is 0 Å². The fraction of sp³-hybridized carbons (Fsp3) is 0.438. The molecule has 1 aromatic carbocycles. The van der Waals surface area contributed by atoms with Crippen molar-refractivity contribution in [2.45, 2.75) is 32.7 Å². The number of carbonyl (C=O) groups is 1. The summed E-state index contributed by atoms with van der Waals surface area (Å²) in [4.78, 5) is 12.6. The van der Waals surface area contributed by atoms with Gasteiger partial charge in [-0.3, -0.25) is 4.79 Å². The number of Topliss-reactive ketones (excluding diaryl/α,β-unsaturated/α-hetero) is 1. The zero-order chi connectivity index (χ0) is 13.6. The molecule has 0 radical (unpaired) electrons. The number of aryl methyl sites for hydroxylation is 3. The van der Waals surface area contributed by atoms with E-state index in [1.807, 2.05) is 13.2 Å². The second-order valence-corrected chi connectivity index (χ2v) is 5.62. The van der Waals surface area contributed by atoms with Gasteiger partial charge in [0.1, 0.15) is 0 Å². The molecule has 3 nitrogen and oxygen atoms in total. The van der Waals surface area contributed by atoms with Gasteiger partial charge in [0.05, 0.1) is 6.04 Å². The molecule has 0 saturated carbocycles. The Bertz CT molecular complexity index is 648. The SMILES string of the molecule is Cc1cc2c(C(=O)C3CCCN3)cn(C)c2cc1C. The van der Waals surface area contributed by atoms with Gasteiger partial charge in [0, 0.05) is 29.7 Å². The van der Waals surface area contributed by atoms with Gasteiger partial charge in [0.25, 0.3) is 0 Å². The summed E-state index contributed by atoms with van der Waals surface area (Å²) < 4.78 is 2.06. The molecule has 0 amide bonds. The van der Waals surface area contributed by atoms with Crippen molar-refractivity contribution in [3.8, 4) is 0 Å². The third-order valence-electron chi connectivity index (χ3n) is 4.25. The standard InChI is InChI=1S/C16H20N2O/c1-10-7-12-13(16(19)14-5-4-6-17-14)9-18(3)15(12)8-11(10)2/h7-9,14,17H,4-6H2,1-3H3. The Morgan fingerprint density at radius 1 is 1.32 bits per heavy atom. The minimum Gasteiger partial charge on any atom is -0.350 e. The average Bonchev–Trinajstić information content (AvgIpc) is 3.00. The molecule has 1 atom stereocenters. The molecule has 1 fully saturated rings. The van der Waals surface area contributed by atoms with Gasteiger partial charge in [-0.1, -0.05) is 0 Å². The maximum Gasteiger partial charge on any atom is 0.181 e. The first-order valence-electron chi connectivity index (χ1n) is 6.92. The number of nitrogens with zero attached hydrogens (tertiary/aromatic N) is 1. The molecule has 100 valence electrons. The van der Waals surface area contributed by atoms with Crippen molar-refractivity contribution in [2.24, 2.45) is 7.05 Å². The molecule has 3 rings (SSSR count). The van der Waals surface area contributed by atoms with Crippen molar-refractivity contribution in [1.29, 1.82) is 0 Å². The van der Waals surface area contributed by atoms with E-state index < -0.39 is 0 Å². The fourth-order valence-corrected chi connectivity index (χ4v) is 2.93. The van der Waals surface area contributed by atoms with Gasteiger partial charge in [-0.25, -0.2) is 0 Å². The zero-order valence-electron chi connectivity index (χ0n) is 11.8. The van der Waals surface area contributed by atoms with Crippen LogP contribution >= 0.6 is 0 Å². The van der Waals surface area contributed by atoms with Crippen molar-refractivity contribution in [1.82, 2.24) is 9.88 Å². The van der Waals surface area contributed by atoms with Crippen LogP contribution in [-0.4, -0.2) is 22.9 Å². The number of hydrogen-bond donors (Lipinski definition) is 1. The van der Waals surface area contributed by atoms with Crippen LogP contribution in [0.5, 0.6) is 0 Å². The van der Waals surface area contributed by atoms with Gasteiger partial charge in [-0.2, -0.15) is 0 Å². The van der Waals surface area contributed by atoms with E-state index in [0.29, 0.717) is 0 Å². The Hall–Kier alpha value is -1.61. The number of rotatable bonds is 2. The maximum atomic E-state index is 12.6. The number of nitrogens with one attached hydrogen (secondary N) is 1. The largest absolute Gasteiger partial charge is 0.350 e. The summed E-state index contributed by atoms with van der Waals surface area (Å²) >= 11 is 0. The summed E-state index contributed by atoms with van der Waals surface area (Å²) in [6, 6.07) is 4.32. The average molecular weight is 256 g/mol.